The number of benzene rings is 2. The fraction of sp³-hybridized carbons (Fsp3) is 0.238. The second kappa shape index (κ2) is 11.7. The largest absolute Gasteiger partial charge is 0.493 e. The number of methoxy groups -OCH3 is 2. The van der Waals surface area contributed by atoms with Crippen LogP contribution in [0.5, 0.6) is 11.5 Å². The Hall–Kier alpha value is -3.40. The maximum Gasteiger partial charge on any atom is 0.343 e. The number of carbonyl (C=O) groups is 3. The van der Waals surface area contributed by atoms with Crippen molar-refractivity contribution in [3.8, 4) is 11.5 Å². The highest BCUT2D eigenvalue weighted by Gasteiger charge is 2.21. The average molecular weight is 492 g/mol. The van der Waals surface area contributed by atoms with Crippen molar-refractivity contribution in [2.24, 2.45) is 11.0 Å². The Bertz CT molecular complexity index is 979. The van der Waals surface area contributed by atoms with Crippen molar-refractivity contribution < 1.29 is 28.6 Å². The molecule has 0 aliphatic heterocycles. The van der Waals surface area contributed by atoms with Gasteiger partial charge in [0.05, 0.1) is 26.1 Å². The molecule has 10 heteroatoms. The third-order valence-electron chi connectivity index (χ3n) is 4.07. The van der Waals surface area contributed by atoms with Crippen molar-refractivity contribution in [3.63, 3.8) is 0 Å². The zero-order chi connectivity index (χ0) is 22.8. The van der Waals surface area contributed by atoms with Crippen LogP contribution in [0.1, 0.15) is 12.5 Å². The molecule has 0 saturated heterocycles. The molecule has 2 amide bonds. The Morgan fingerprint density at radius 3 is 2.52 bits per heavy atom. The standard InChI is InChI=1S/C21H22BrN3O6/c1-13(20(27)24-16-7-5-4-6-15(16)22)21(28)25-23-11-14-8-9-17(18(10-14)29-2)31-12-19(26)30-3/h4-11,13H,12H2,1-3H3,(H,24,27)(H,25,28). The monoisotopic (exact) mass is 491 g/mol. The van der Waals surface area contributed by atoms with Crippen molar-refractivity contribution >= 4 is 45.6 Å². The highest BCUT2D eigenvalue weighted by Crippen LogP contribution is 2.27. The minimum absolute atomic E-state index is 0.254. The van der Waals surface area contributed by atoms with E-state index in [1.165, 1.54) is 27.4 Å². The molecule has 0 spiro atoms. The number of nitrogens with one attached hydrogen (secondary N) is 2. The van der Waals surface area contributed by atoms with Crippen molar-refractivity contribution in [1.82, 2.24) is 5.43 Å². The van der Waals surface area contributed by atoms with Crippen LogP contribution in [-0.4, -0.2) is 44.8 Å². The van der Waals surface area contributed by atoms with Gasteiger partial charge in [-0.25, -0.2) is 10.2 Å². The lowest BCUT2D eigenvalue weighted by Gasteiger charge is -2.12. The molecule has 0 aromatic heterocycles. The van der Waals surface area contributed by atoms with Crippen molar-refractivity contribution in [2.75, 3.05) is 26.1 Å². The summed E-state index contributed by atoms with van der Waals surface area (Å²) < 4.78 is 15.8. The smallest absolute Gasteiger partial charge is 0.343 e. The number of rotatable bonds is 9. The van der Waals surface area contributed by atoms with Crippen LogP contribution in [-0.2, 0) is 19.1 Å². The molecule has 0 aliphatic carbocycles. The van der Waals surface area contributed by atoms with Crippen LogP contribution >= 0.6 is 15.9 Å². The summed E-state index contributed by atoms with van der Waals surface area (Å²) in [6, 6.07) is 12.0. The molecule has 2 rings (SSSR count). The topological polar surface area (TPSA) is 115 Å². The van der Waals surface area contributed by atoms with Crippen LogP contribution < -0.4 is 20.2 Å². The van der Waals surface area contributed by atoms with Crippen molar-refractivity contribution in [2.45, 2.75) is 6.92 Å². The van der Waals surface area contributed by atoms with E-state index in [4.69, 9.17) is 9.47 Å². The molecular formula is C21H22BrN3O6. The molecule has 0 heterocycles. The van der Waals surface area contributed by atoms with E-state index in [0.717, 1.165) is 0 Å². The summed E-state index contributed by atoms with van der Waals surface area (Å²) in [6.07, 6.45) is 1.39. The molecule has 164 valence electrons. The molecule has 0 aliphatic rings. The second-order valence-corrected chi connectivity index (χ2v) is 7.05. The third kappa shape index (κ3) is 7.10. The van der Waals surface area contributed by atoms with E-state index in [0.29, 0.717) is 27.2 Å². The van der Waals surface area contributed by atoms with Gasteiger partial charge < -0.3 is 19.5 Å². The summed E-state index contributed by atoms with van der Waals surface area (Å²) in [5.41, 5.74) is 3.51. The quantitative estimate of drug-likeness (QED) is 0.241. The maximum atomic E-state index is 12.3. The lowest BCUT2D eigenvalue weighted by atomic mass is 10.1. The first kappa shape index (κ1) is 23.9. The summed E-state index contributed by atoms with van der Waals surface area (Å²) in [6.45, 7) is 1.23. The Balaban J connectivity index is 1.94. The molecule has 9 nitrogen and oxygen atoms in total. The van der Waals surface area contributed by atoms with Gasteiger partial charge >= 0.3 is 5.97 Å². The Labute approximate surface area is 187 Å². The maximum absolute atomic E-state index is 12.3. The number of esters is 1. The van der Waals surface area contributed by atoms with Gasteiger partial charge in [0, 0.05) is 4.47 Å². The number of anilines is 1. The molecule has 0 radical (unpaired) electrons. The Morgan fingerprint density at radius 2 is 1.84 bits per heavy atom. The molecule has 0 saturated carbocycles. The highest BCUT2D eigenvalue weighted by atomic mass is 79.9. The van der Waals surface area contributed by atoms with Gasteiger partial charge in [0.1, 0.15) is 5.92 Å². The number of nitrogens with zero attached hydrogens (tertiary/aromatic N) is 1. The van der Waals surface area contributed by atoms with Crippen LogP contribution in [0.15, 0.2) is 52.0 Å². The van der Waals surface area contributed by atoms with Crippen molar-refractivity contribution in [1.29, 1.82) is 0 Å². The van der Waals surface area contributed by atoms with Crippen LogP contribution in [0, 0.1) is 5.92 Å². The highest BCUT2D eigenvalue weighted by molar-refractivity contribution is 9.10. The Morgan fingerprint density at radius 1 is 1.10 bits per heavy atom. The number of hydrogen-bond acceptors (Lipinski definition) is 7. The van der Waals surface area contributed by atoms with E-state index in [2.05, 4.69) is 36.5 Å². The SMILES string of the molecule is COC(=O)COc1ccc(C=NNC(=O)C(C)C(=O)Nc2ccccc2Br)cc1OC. The number of amides is 2. The molecule has 2 aromatic carbocycles. The van der Waals surface area contributed by atoms with Crippen LogP contribution in [0.3, 0.4) is 0 Å². The van der Waals surface area contributed by atoms with Gasteiger partial charge in [-0.15, -0.1) is 0 Å². The summed E-state index contributed by atoms with van der Waals surface area (Å²) in [5, 5.41) is 6.56. The second-order valence-electron chi connectivity index (χ2n) is 6.20. The number of halogens is 1. The van der Waals surface area contributed by atoms with E-state index < -0.39 is 23.7 Å². The van der Waals surface area contributed by atoms with E-state index >= 15 is 0 Å². The molecule has 0 bridgehead atoms. The number of ether oxygens (including phenoxy) is 3. The predicted molar refractivity (Wildman–Crippen MR) is 118 cm³/mol. The molecule has 1 unspecified atom stereocenters. The van der Waals surface area contributed by atoms with Gasteiger partial charge in [-0.3, -0.25) is 9.59 Å². The van der Waals surface area contributed by atoms with Gasteiger partial charge in [-0.05, 0) is 58.7 Å². The predicted octanol–water partition coefficient (Wildman–Crippen LogP) is 2.73. The number of carbonyl (C=O) groups excluding carboxylic acids is 3. The summed E-state index contributed by atoms with van der Waals surface area (Å²) >= 11 is 3.34. The number of para-hydroxylation sites is 1. The first-order valence-electron chi connectivity index (χ1n) is 9.11. The average Bonchev–Trinajstić information content (AvgIpc) is 2.78. The first-order valence-corrected chi connectivity index (χ1v) is 9.91. The van der Waals surface area contributed by atoms with Gasteiger partial charge in [0.2, 0.25) is 5.91 Å². The van der Waals surface area contributed by atoms with E-state index in [9.17, 15) is 14.4 Å². The molecule has 2 N–H and O–H groups in total. The first-order chi connectivity index (χ1) is 14.8. The minimum Gasteiger partial charge on any atom is -0.493 e. The fourth-order valence-electron chi connectivity index (χ4n) is 2.27. The third-order valence-corrected chi connectivity index (χ3v) is 4.76. The van der Waals surface area contributed by atoms with Gasteiger partial charge in [-0.2, -0.15) is 5.10 Å². The lowest BCUT2D eigenvalue weighted by Crippen LogP contribution is -2.34. The van der Waals surface area contributed by atoms with E-state index in [1.54, 1.807) is 36.4 Å². The van der Waals surface area contributed by atoms with Gasteiger partial charge in [0.25, 0.3) is 5.91 Å². The molecule has 0 fully saturated rings. The van der Waals surface area contributed by atoms with E-state index in [1.807, 2.05) is 6.07 Å². The van der Waals surface area contributed by atoms with Crippen LogP contribution in [0.2, 0.25) is 0 Å². The summed E-state index contributed by atoms with van der Waals surface area (Å²) in [7, 11) is 2.72. The number of hydrazone groups is 1. The minimum atomic E-state index is -0.965. The summed E-state index contributed by atoms with van der Waals surface area (Å²) in [5.74, 6) is -1.79. The zero-order valence-corrected chi connectivity index (χ0v) is 18.8. The van der Waals surface area contributed by atoms with Gasteiger partial charge in [-0.1, -0.05) is 12.1 Å². The molecule has 31 heavy (non-hydrogen) atoms. The van der Waals surface area contributed by atoms with Crippen molar-refractivity contribution in [3.05, 3.63) is 52.5 Å². The molecule has 1 atom stereocenters. The lowest BCUT2D eigenvalue weighted by molar-refractivity contribution is -0.143. The Kier molecular flexibility index (Phi) is 9.01. The number of hydrogen-bond donors (Lipinski definition) is 2. The fourth-order valence-corrected chi connectivity index (χ4v) is 2.65. The van der Waals surface area contributed by atoms with Crippen LogP contribution in [0.4, 0.5) is 5.69 Å². The zero-order valence-electron chi connectivity index (χ0n) is 17.2. The van der Waals surface area contributed by atoms with E-state index in [-0.39, 0.29) is 6.61 Å². The molecular weight excluding hydrogens is 470 g/mol. The normalized spacial score (nSPS) is 11.5. The van der Waals surface area contributed by atoms with Crippen LogP contribution in [0.25, 0.3) is 0 Å². The molecule has 2 aromatic rings. The van der Waals surface area contributed by atoms with Gasteiger partial charge in [0.15, 0.2) is 18.1 Å². The summed E-state index contributed by atoms with van der Waals surface area (Å²) in [4.78, 5) is 35.7.